The predicted octanol–water partition coefficient (Wildman–Crippen LogP) is 4.74. The van der Waals surface area contributed by atoms with Crippen LogP contribution in [-0.4, -0.2) is 4.26 Å². The first-order chi connectivity index (χ1) is 10.8. The quantitative estimate of drug-likeness (QED) is 0.336. The molecule has 4 rings (SSSR count). The van der Waals surface area contributed by atoms with Gasteiger partial charge in [-0.15, -0.1) is 24.8 Å². The van der Waals surface area contributed by atoms with E-state index in [0.29, 0.717) is 0 Å². The molecule has 0 N–H and O–H groups in total. The van der Waals surface area contributed by atoms with Crippen molar-refractivity contribution in [3.63, 3.8) is 0 Å². The Bertz CT molecular complexity index is 842. The van der Waals surface area contributed by atoms with Crippen LogP contribution in [-0.2, 0) is 21.0 Å². The molecule has 0 aromatic heterocycles. The summed E-state index contributed by atoms with van der Waals surface area (Å²) >= 11 is -2.28. The zero-order chi connectivity index (χ0) is 14.9. The first kappa shape index (κ1) is 19.1. The zero-order valence-corrected chi connectivity index (χ0v) is 18.3. The van der Waals surface area contributed by atoms with Crippen molar-refractivity contribution >= 4 is 35.7 Å². The van der Waals surface area contributed by atoms with Crippen LogP contribution >= 0.6 is 24.8 Å². The monoisotopic (exact) mass is 520 g/mol. The summed E-state index contributed by atoms with van der Waals surface area (Å²) in [6, 6.07) is 30.6. The van der Waals surface area contributed by atoms with Crippen molar-refractivity contribution in [2.75, 3.05) is 0 Å². The van der Waals surface area contributed by atoms with E-state index in [2.05, 4.69) is 89.2 Å². The van der Waals surface area contributed by atoms with Crippen LogP contribution in [0, 0.1) is 0 Å². The SMILES string of the molecule is Cl.Cl.[CH2]=[Hf]([c]1ccc2cccccc1-2)[c]1ccc2cccccc1-2. The van der Waals surface area contributed by atoms with Gasteiger partial charge in [0.15, 0.2) is 0 Å². The molecular formula is C21H18Cl2Hf. The molecule has 4 aliphatic carbocycles. The van der Waals surface area contributed by atoms with E-state index in [9.17, 15) is 0 Å². The molecule has 0 aromatic rings. The van der Waals surface area contributed by atoms with Crippen molar-refractivity contribution in [1.82, 2.24) is 0 Å². The maximum atomic E-state index is 4.68. The molecule has 4 aliphatic rings. The Morgan fingerprint density at radius 2 is 0.917 bits per heavy atom. The van der Waals surface area contributed by atoms with E-state index in [1.54, 1.807) is 0 Å². The van der Waals surface area contributed by atoms with E-state index in [1.807, 2.05) is 0 Å². The molecule has 24 heavy (non-hydrogen) atoms. The third kappa shape index (κ3) is 3.39. The van der Waals surface area contributed by atoms with Crippen LogP contribution in [0.15, 0.2) is 84.9 Å². The van der Waals surface area contributed by atoms with Crippen LogP contribution in [0.1, 0.15) is 0 Å². The van der Waals surface area contributed by atoms with Crippen molar-refractivity contribution in [2.45, 2.75) is 0 Å². The van der Waals surface area contributed by atoms with E-state index in [-0.39, 0.29) is 24.8 Å². The van der Waals surface area contributed by atoms with E-state index in [0.717, 1.165) is 0 Å². The van der Waals surface area contributed by atoms with Gasteiger partial charge in [-0.3, -0.25) is 0 Å². The first-order valence-corrected chi connectivity index (χ1v) is 13.6. The third-order valence-corrected chi connectivity index (χ3v) is 12.0. The second kappa shape index (κ2) is 8.20. The Balaban J connectivity index is 0.00000104. The topological polar surface area (TPSA) is 0 Å². The molecule has 0 fully saturated rings. The normalized spacial score (nSPS) is 10.0. The summed E-state index contributed by atoms with van der Waals surface area (Å²) in [6.07, 6.45) is 0. The van der Waals surface area contributed by atoms with Crippen molar-refractivity contribution in [1.29, 1.82) is 0 Å². The van der Waals surface area contributed by atoms with Gasteiger partial charge in [-0.25, -0.2) is 0 Å². The minimum atomic E-state index is -2.28. The van der Waals surface area contributed by atoms with Crippen LogP contribution in [0.2, 0.25) is 0 Å². The molecule has 0 spiro atoms. The molecule has 0 aromatic carbocycles. The van der Waals surface area contributed by atoms with Gasteiger partial charge in [0, 0.05) is 0 Å². The fourth-order valence-electron chi connectivity index (χ4n) is 3.10. The van der Waals surface area contributed by atoms with Crippen molar-refractivity contribution < 1.29 is 21.0 Å². The zero-order valence-electron chi connectivity index (χ0n) is 13.1. The Morgan fingerprint density at radius 1 is 0.500 bits per heavy atom. The number of halogens is 2. The second-order valence-electron chi connectivity index (χ2n) is 5.53. The van der Waals surface area contributed by atoms with Crippen LogP contribution in [0.5, 0.6) is 0 Å². The van der Waals surface area contributed by atoms with Crippen LogP contribution in [0.4, 0.5) is 0 Å². The molecule has 3 heteroatoms. The van der Waals surface area contributed by atoms with Gasteiger partial charge in [-0.2, -0.15) is 0 Å². The fraction of sp³-hybridized carbons (Fsp3) is 0. The molecule has 0 saturated carbocycles. The minimum absolute atomic E-state index is 0. The molecule has 0 aliphatic heterocycles. The number of hydrogen-bond acceptors (Lipinski definition) is 0. The average Bonchev–Trinajstić information content (AvgIpc) is 2.93. The Labute approximate surface area is 163 Å². The molecule has 0 radical (unpaired) electrons. The summed E-state index contributed by atoms with van der Waals surface area (Å²) in [5.74, 6) is 0. The summed E-state index contributed by atoms with van der Waals surface area (Å²) in [7, 11) is 0. The van der Waals surface area contributed by atoms with E-state index in [1.165, 1.54) is 28.9 Å². The van der Waals surface area contributed by atoms with Crippen LogP contribution in [0.3, 0.4) is 0 Å². The standard InChI is InChI=1S/2C10H7.CH2.2ClH.Hf/c2*1-2-5-9-7-4-8-10(9)6-3-1;;;;/h2*1-7H;1H2;2*1H;. The molecule has 0 nitrogen and oxygen atoms in total. The number of hydrogen-bond donors (Lipinski definition) is 0. The summed E-state index contributed by atoms with van der Waals surface area (Å²) in [5.41, 5.74) is 5.42. The van der Waals surface area contributed by atoms with E-state index >= 15 is 0 Å². The molecule has 0 amide bonds. The Hall–Kier alpha value is -1.28. The predicted molar refractivity (Wildman–Crippen MR) is 107 cm³/mol. The van der Waals surface area contributed by atoms with Gasteiger partial charge >= 0.3 is 139 Å². The number of rotatable bonds is 2. The third-order valence-electron chi connectivity index (χ3n) is 4.23. The van der Waals surface area contributed by atoms with Crippen LogP contribution < -0.4 is 6.64 Å². The van der Waals surface area contributed by atoms with Gasteiger partial charge in [0.1, 0.15) is 0 Å². The average molecular weight is 520 g/mol. The second-order valence-corrected chi connectivity index (χ2v) is 12.8. The Kier molecular flexibility index (Phi) is 6.51. The van der Waals surface area contributed by atoms with Gasteiger partial charge in [-0.05, 0) is 0 Å². The van der Waals surface area contributed by atoms with E-state index < -0.39 is 21.0 Å². The molecule has 0 bridgehead atoms. The van der Waals surface area contributed by atoms with Gasteiger partial charge in [0.25, 0.3) is 0 Å². The van der Waals surface area contributed by atoms with Gasteiger partial charge < -0.3 is 0 Å². The van der Waals surface area contributed by atoms with Crippen molar-refractivity contribution in [3.8, 4) is 22.3 Å². The summed E-state index contributed by atoms with van der Waals surface area (Å²) in [4.78, 5) is 0. The molecule has 0 unspecified atom stereocenters. The van der Waals surface area contributed by atoms with Crippen LogP contribution in [0.25, 0.3) is 22.3 Å². The van der Waals surface area contributed by atoms with Gasteiger partial charge in [-0.1, -0.05) is 0 Å². The summed E-state index contributed by atoms with van der Waals surface area (Å²) in [6.45, 7) is 0. The first-order valence-electron chi connectivity index (χ1n) is 7.50. The van der Waals surface area contributed by atoms with Gasteiger partial charge in [0.2, 0.25) is 0 Å². The van der Waals surface area contributed by atoms with Crippen molar-refractivity contribution in [3.05, 3.63) is 84.9 Å². The van der Waals surface area contributed by atoms with E-state index in [4.69, 9.17) is 0 Å². The molecule has 0 saturated heterocycles. The Morgan fingerprint density at radius 3 is 1.38 bits per heavy atom. The van der Waals surface area contributed by atoms with Gasteiger partial charge in [0.05, 0.1) is 0 Å². The number of fused-ring (bicyclic) bond motifs is 2. The van der Waals surface area contributed by atoms with Crippen molar-refractivity contribution in [2.24, 2.45) is 0 Å². The summed E-state index contributed by atoms with van der Waals surface area (Å²) in [5, 5.41) is 0. The maximum absolute atomic E-state index is 4.68. The summed E-state index contributed by atoms with van der Waals surface area (Å²) < 4.78 is 7.70. The fourth-order valence-corrected chi connectivity index (χ4v) is 10.2. The molecular weight excluding hydrogens is 502 g/mol. The molecule has 120 valence electrons. The molecule has 0 heterocycles. The molecule has 0 atom stereocenters.